The molecule has 4 nitrogen and oxygen atoms in total. The van der Waals surface area contributed by atoms with Gasteiger partial charge in [-0.15, -0.1) is 0 Å². The summed E-state index contributed by atoms with van der Waals surface area (Å²) >= 11 is 0. The zero-order valence-corrected chi connectivity index (χ0v) is 15.4. The van der Waals surface area contributed by atoms with Crippen LogP contribution in [0.3, 0.4) is 0 Å². The fraction of sp³-hybridized carbons (Fsp3) is 0.0870. The standard InChI is InChI=1S/C23H17FO4/c1-26-22-11-18-19(25)12-20(28-21(18)13-23(22)27-2)16-5-3-4-15(10-16)14-6-8-17(24)9-7-14/h3-13H,1-2H3. The van der Waals surface area contributed by atoms with Gasteiger partial charge in [-0.1, -0.05) is 30.3 Å². The first-order valence-corrected chi connectivity index (χ1v) is 8.65. The van der Waals surface area contributed by atoms with Crippen molar-refractivity contribution in [3.8, 4) is 33.9 Å². The van der Waals surface area contributed by atoms with E-state index in [1.807, 2.05) is 24.3 Å². The molecule has 1 heterocycles. The molecule has 0 spiro atoms. The molecule has 5 heteroatoms. The molecule has 3 aromatic carbocycles. The summed E-state index contributed by atoms with van der Waals surface area (Å²) in [6.45, 7) is 0. The van der Waals surface area contributed by atoms with Crippen LogP contribution in [0.5, 0.6) is 11.5 Å². The van der Waals surface area contributed by atoms with Crippen LogP contribution < -0.4 is 14.9 Å². The van der Waals surface area contributed by atoms with E-state index in [0.717, 1.165) is 16.7 Å². The van der Waals surface area contributed by atoms with Gasteiger partial charge in [0.1, 0.15) is 17.2 Å². The van der Waals surface area contributed by atoms with Crippen molar-refractivity contribution >= 4 is 11.0 Å². The van der Waals surface area contributed by atoms with Gasteiger partial charge in [0.25, 0.3) is 0 Å². The molecule has 0 N–H and O–H groups in total. The van der Waals surface area contributed by atoms with Crippen LogP contribution in [-0.2, 0) is 0 Å². The molecule has 0 bridgehead atoms. The molecule has 1 aromatic heterocycles. The van der Waals surface area contributed by atoms with Crippen LogP contribution in [0, 0.1) is 5.82 Å². The molecular weight excluding hydrogens is 359 g/mol. The highest BCUT2D eigenvalue weighted by Gasteiger charge is 2.13. The number of benzene rings is 3. The second-order valence-corrected chi connectivity index (χ2v) is 6.27. The minimum absolute atomic E-state index is 0.176. The number of hydrogen-bond acceptors (Lipinski definition) is 4. The van der Waals surface area contributed by atoms with Crippen LogP contribution >= 0.6 is 0 Å². The number of hydrogen-bond donors (Lipinski definition) is 0. The van der Waals surface area contributed by atoms with Crippen molar-refractivity contribution in [3.63, 3.8) is 0 Å². The summed E-state index contributed by atoms with van der Waals surface area (Å²) in [5.74, 6) is 1.10. The van der Waals surface area contributed by atoms with E-state index in [1.165, 1.54) is 32.4 Å². The first kappa shape index (κ1) is 17.8. The molecule has 0 fully saturated rings. The molecular formula is C23H17FO4. The van der Waals surface area contributed by atoms with E-state index in [9.17, 15) is 9.18 Å². The maximum Gasteiger partial charge on any atom is 0.193 e. The molecule has 0 unspecified atom stereocenters. The lowest BCUT2D eigenvalue weighted by atomic mass is 10.0. The van der Waals surface area contributed by atoms with Crippen molar-refractivity contribution in [3.05, 3.63) is 82.8 Å². The number of rotatable bonds is 4. The molecule has 4 aromatic rings. The fourth-order valence-corrected chi connectivity index (χ4v) is 3.12. The maximum absolute atomic E-state index is 13.2. The summed E-state index contributed by atoms with van der Waals surface area (Å²) < 4.78 is 29.7. The third-order valence-electron chi connectivity index (χ3n) is 4.56. The molecule has 0 radical (unpaired) electrons. The zero-order chi connectivity index (χ0) is 19.7. The molecule has 0 aliphatic rings. The fourth-order valence-electron chi connectivity index (χ4n) is 3.12. The first-order valence-electron chi connectivity index (χ1n) is 8.65. The van der Waals surface area contributed by atoms with E-state index in [-0.39, 0.29) is 11.2 Å². The summed E-state index contributed by atoms with van der Waals surface area (Å²) in [7, 11) is 3.04. The van der Waals surface area contributed by atoms with Crippen LogP contribution in [-0.4, -0.2) is 14.2 Å². The summed E-state index contributed by atoms with van der Waals surface area (Å²) in [4.78, 5) is 12.6. The zero-order valence-electron chi connectivity index (χ0n) is 15.4. The van der Waals surface area contributed by atoms with E-state index in [0.29, 0.717) is 28.2 Å². The Kier molecular flexibility index (Phi) is 4.57. The van der Waals surface area contributed by atoms with Crippen molar-refractivity contribution in [2.45, 2.75) is 0 Å². The van der Waals surface area contributed by atoms with Crippen LogP contribution in [0.4, 0.5) is 4.39 Å². The normalized spacial score (nSPS) is 10.8. The number of fused-ring (bicyclic) bond motifs is 1. The van der Waals surface area contributed by atoms with E-state index in [2.05, 4.69) is 0 Å². The number of methoxy groups -OCH3 is 2. The summed E-state index contributed by atoms with van der Waals surface area (Å²) in [6, 6.07) is 18.5. The van der Waals surface area contributed by atoms with Crippen molar-refractivity contribution < 1.29 is 18.3 Å². The largest absolute Gasteiger partial charge is 0.493 e. The van der Waals surface area contributed by atoms with Crippen molar-refractivity contribution in [1.82, 2.24) is 0 Å². The highest BCUT2D eigenvalue weighted by Crippen LogP contribution is 2.33. The van der Waals surface area contributed by atoms with Gasteiger partial charge in [-0.3, -0.25) is 4.79 Å². The van der Waals surface area contributed by atoms with Crippen LogP contribution in [0.2, 0.25) is 0 Å². The smallest absolute Gasteiger partial charge is 0.193 e. The van der Waals surface area contributed by atoms with Crippen LogP contribution in [0.25, 0.3) is 33.4 Å². The minimum atomic E-state index is -0.287. The molecule has 0 aliphatic heterocycles. The molecule has 0 amide bonds. The molecule has 0 saturated carbocycles. The Morgan fingerprint density at radius 2 is 1.46 bits per heavy atom. The highest BCUT2D eigenvalue weighted by molar-refractivity contribution is 5.83. The van der Waals surface area contributed by atoms with Crippen molar-refractivity contribution in [2.24, 2.45) is 0 Å². The monoisotopic (exact) mass is 376 g/mol. The van der Waals surface area contributed by atoms with Crippen LogP contribution in [0.15, 0.2) is 75.9 Å². The summed E-state index contributed by atoms with van der Waals surface area (Å²) in [5.41, 5.74) is 2.75. The maximum atomic E-state index is 13.2. The lowest BCUT2D eigenvalue weighted by Gasteiger charge is -2.10. The van der Waals surface area contributed by atoms with Gasteiger partial charge in [0, 0.05) is 17.7 Å². The van der Waals surface area contributed by atoms with E-state index >= 15 is 0 Å². The van der Waals surface area contributed by atoms with Gasteiger partial charge in [-0.2, -0.15) is 0 Å². The third-order valence-corrected chi connectivity index (χ3v) is 4.56. The Morgan fingerprint density at radius 1 is 0.786 bits per heavy atom. The second-order valence-electron chi connectivity index (χ2n) is 6.27. The lowest BCUT2D eigenvalue weighted by Crippen LogP contribution is -2.02. The summed E-state index contributed by atoms with van der Waals surface area (Å²) in [6.07, 6.45) is 0. The molecule has 28 heavy (non-hydrogen) atoms. The predicted octanol–water partition coefficient (Wildman–Crippen LogP) is 5.28. The minimum Gasteiger partial charge on any atom is -0.493 e. The molecule has 0 saturated heterocycles. The lowest BCUT2D eigenvalue weighted by molar-refractivity contribution is 0.355. The SMILES string of the molecule is COc1cc2oc(-c3cccc(-c4ccc(F)cc4)c3)cc(=O)c2cc1OC. The van der Waals surface area contributed by atoms with Gasteiger partial charge >= 0.3 is 0 Å². The molecule has 140 valence electrons. The molecule has 0 aliphatic carbocycles. The van der Waals surface area contributed by atoms with Gasteiger partial charge in [0.2, 0.25) is 0 Å². The molecule has 4 rings (SSSR count). The Hall–Kier alpha value is -3.60. The van der Waals surface area contributed by atoms with E-state index < -0.39 is 0 Å². The van der Waals surface area contributed by atoms with E-state index in [4.69, 9.17) is 13.9 Å². The van der Waals surface area contributed by atoms with Crippen molar-refractivity contribution in [1.29, 1.82) is 0 Å². The average molecular weight is 376 g/mol. The van der Waals surface area contributed by atoms with E-state index in [1.54, 1.807) is 24.3 Å². The number of halogens is 1. The van der Waals surface area contributed by atoms with Gasteiger partial charge in [-0.05, 0) is 35.4 Å². The Labute approximate surface area is 160 Å². The van der Waals surface area contributed by atoms with Crippen molar-refractivity contribution in [2.75, 3.05) is 14.2 Å². The van der Waals surface area contributed by atoms with Gasteiger partial charge in [0.05, 0.1) is 19.6 Å². The third kappa shape index (κ3) is 3.22. The quantitative estimate of drug-likeness (QED) is 0.486. The average Bonchev–Trinajstić information content (AvgIpc) is 2.73. The Bertz CT molecular complexity index is 1210. The first-order chi connectivity index (χ1) is 13.6. The topological polar surface area (TPSA) is 48.7 Å². The predicted molar refractivity (Wildman–Crippen MR) is 106 cm³/mol. The molecule has 0 atom stereocenters. The number of ether oxygens (including phenoxy) is 2. The highest BCUT2D eigenvalue weighted by atomic mass is 19.1. The van der Waals surface area contributed by atoms with Gasteiger partial charge in [0.15, 0.2) is 16.9 Å². The second kappa shape index (κ2) is 7.19. The van der Waals surface area contributed by atoms with Gasteiger partial charge in [-0.25, -0.2) is 4.39 Å². The van der Waals surface area contributed by atoms with Crippen LogP contribution in [0.1, 0.15) is 0 Å². The Morgan fingerprint density at radius 3 is 2.18 bits per heavy atom. The van der Waals surface area contributed by atoms with Gasteiger partial charge < -0.3 is 13.9 Å². The summed E-state index contributed by atoms with van der Waals surface area (Å²) in [5, 5.41) is 0.413. The Balaban J connectivity index is 1.84.